The zero-order valence-electron chi connectivity index (χ0n) is 7.21. The molecular formula is C9H15N3. The molecule has 2 aliphatic rings. The molecule has 12 heavy (non-hydrogen) atoms. The van der Waals surface area contributed by atoms with Crippen molar-refractivity contribution in [3.63, 3.8) is 0 Å². The smallest absolute Gasteiger partial charge is 0.108 e. The highest BCUT2D eigenvalue weighted by atomic mass is 15.1. The van der Waals surface area contributed by atoms with E-state index in [4.69, 9.17) is 5.26 Å². The highest BCUT2D eigenvalue weighted by molar-refractivity contribution is 5.02. The Morgan fingerprint density at radius 3 is 2.67 bits per heavy atom. The summed E-state index contributed by atoms with van der Waals surface area (Å²) in [6.45, 7) is 0.817. The number of nitrogens with one attached hydrogen (secondary N) is 2. The Morgan fingerprint density at radius 1 is 1.17 bits per heavy atom. The van der Waals surface area contributed by atoms with Crippen LogP contribution in [0.25, 0.3) is 0 Å². The van der Waals surface area contributed by atoms with E-state index in [1.54, 1.807) is 0 Å². The summed E-state index contributed by atoms with van der Waals surface area (Å²) in [6.07, 6.45) is 5.16. The van der Waals surface area contributed by atoms with Gasteiger partial charge in [-0.2, -0.15) is 5.26 Å². The second-order valence-electron chi connectivity index (χ2n) is 3.75. The van der Waals surface area contributed by atoms with Gasteiger partial charge in [0.2, 0.25) is 0 Å². The Bertz CT molecular complexity index is 196. The standard InChI is InChI=1S/C9H15N3/c10-5-7-6-11-8-3-1-2-4-9(8)12-7/h7-9,11-12H,1-4,6H2/t7-,8+,9-/m1/s1. The largest absolute Gasteiger partial charge is 0.310 e. The molecule has 0 aromatic rings. The van der Waals surface area contributed by atoms with Crippen LogP contribution < -0.4 is 10.6 Å². The van der Waals surface area contributed by atoms with Gasteiger partial charge in [0.1, 0.15) is 6.04 Å². The molecule has 2 N–H and O–H groups in total. The molecule has 0 bridgehead atoms. The molecule has 1 saturated heterocycles. The van der Waals surface area contributed by atoms with E-state index in [1.807, 2.05) is 0 Å². The fraction of sp³-hybridized carbons (Fsp3) is 0.889. The monoisotopic (exact) mass is 165 g/mol. The second-order valence-corrected chi connectivity index (χ2v) is 3.75. The number of piperazine rings is 1. The van der Waals surface area contributed by atoms with Crippen LogP contribution in [0.3, 0.4) is 0 Å². The molecule has 1 aliphatic carbocycles. The van der Waals surface area contributed by atoms with Crippen LogP contribution in [-0.2, 0) is 0 Å². The number of nitriles is 1. The Balaban J connectivity index is 1.95. The first-order valence-corrected chi connectivity index (χ1v) is 4.79. The van der Waals surface area contributed by atoms with Crippen molar-refractivity contribution in [3.05, 3.63) is 0 Å². The number of rotatable bonds is 0. The lowest BCUT2D eigenvalue weighted by Gasteiger charge is -2.39. The molecule has 1 saturated carbocycles. The van der Waals surface area contributed by atoms with Crippen molar-refractivity contribution in [1.82, 2.24) is 10.6 Å². The Labute approximate surface area is 73.1 Å². The maximum atomic E-state index is 8.73. The number of nitrogens with zero attached hydrogens (tertiary/aromatic N) is 1. The first-order valence-electron chi connectivity index (χ1n) is 4.79. The van der Waals surface area contributed by atoms with Gasteiger partial charge in [-0.25, -0.2) is 0 Å². The van der Waals surface area contributed by atoms with Gasteiger partial charge in [0.15, 0.2) is 0 Å². The first-order chi connectivity index (χ1) is 5.90. The van der Waals surface area contributed by atoms with Gasteiger partial charge in [0, 0.05) is 18.6 Å². The van der Waals surface area contributed by atoms with Crippen molar-refractivity contribution in [2.24, 2.45) is 0 Å². The average Bonchev–Trinajstić information content (AvgIpc) is 2.17. The lowest BCUT2D eigenvalue weighted by molar-refractivity contribution is 0.231. The van der Waals surface area contributed by atoms with Gasteiger partial charge >= 0.3 is 0 Å². The molecule has 1 aliphatic heterocycles. The van der Waals surface area contributed by atoms with Crippen LogP contribution in [0.15, 0.2) is 0 Å². The third kappa shape index (κ3) is 1.45. The van der Waals surface area contributed by atoms with E-state index in [0.29, 0.717) is 12.1 Å². The van der Waals surface area contributed by atoms with Gasteiger partial charge in [-0.05, 0) is 12.8 Å². The first kappa shape index (κ1) is 8.03. The van der Waals surface area contributed by atoms with E-state index < -0.39 is 0 Å². The van der Waals surface area contributed by atoms with Crippen LogP contribution in [0.4, 0.5) is 0 Å². The number of hydrogen-bond acceptors (Lipinski definition) is 3. The molecule has 2 rings (SSSR count). The predicted octanol–water partition coefficient (Wildman–Crippen LogP) is 0.383. The van der Waals surface area contributed by atoms with Crippen molar-refractivity contribution in [2.75, 3.05) is 6.54 Å². The van der Waals surface area contributed by atoms with Crippen LogP contribution in [-0.4, -0.2) is 24.7 Å². The molecule has 3 nitrogen and oxygen atoms in total. The summed E-state index contributed by atoms with van der Waals surface area (Å²) in [5.41, 5.74) is 0. The summed E-state index contributed by atoms with van der Waals surface area (Å²) in [5, 5.41) is 15.5. The molecule has 1 heterocycles. The molecule has 0 aromatic carbocycles. The van der Waals surface area contributed by atoms with Crippen molar-refractivity contribution >= 4 is 0 Å². The number of hydrogen-bond donors (Lipinski definition) is 2. The summed E-state index contributed by atoms with van der Waals surface area (Å²) in [4.78, 5) is 0. The topological polar surface area (TPSA) is 47.9 Å². The third-order valence-electron chi connectivity index (χ3n) is 2.92. The number of fused-ring (bicyclic) bond motifs is 1. The van der Waals surface area contributed by atoms with Gasteiger partial charge in [0.05, 0.1) is 6.07 Å². The lowest BCUT2D eigenvalue weighted by Crippen LogP contribution is -2.61. The summed E-state index contributed by atoms with van der Waals surface area (Å²) < 4.78 is 0. The quantitative estimate of drug-likeness (QED) is 0.545. The highest BCUT2D eigenvalue weighted by Gasteiger charge is 2.30. The fourth-order valence-electron chi connectivity index (χ4n) is 2.24. The van der Waals surface area contributed by atoms with E-state index >= 15 is 0 Å². The minimum Gasteiger partial charge on any atom is -0.310 e. The van der Waals surface area contributed by atoms with Crippen LogP contribution >= 0.6 is 0 Å². The third-order valence-corrected chi connectivity index (χ3v) is 2.92. The maximum Gasteiger partial charge on any atom is 0.108 e. The van der Waals surface area contributed by atoms with Crippen molar-refractivity contribution < 1.29 is 0 Å². The van der Waals surface area contributed by atoms with E-state index in [9.17, 15) is 0 Å². The van der Waals surface area contributed by atoms with E-state index in [1.165, 1.54) is 25.7 Å². The van der Waals surface area contributed by atoms with Gasteiger partial charge in [0.25, 0.3) is 0 Å². The van der Waals surface area contributed by atoms with Gasteiger partial charge in [-0.1, -0.05) is 12.8 Å². The Kier molecular flexibility index (Phi) is 2.29. The molecule has 3 heteroatoms. The molecule has 2 fully saturated rings. The van der Waals surface area contributed by atoms with E-state index in [0.717, 1.165) is 6.54 Å². The zero-order chi connectivity index (χ0) is 8.39. The molecule has 0 spiro atoms. The second kappa shape index (κ2) is 3.42. The molecule has 0 radical (unpaired) electrons. The molecule has 66 valence electrons. The highest BCUT2D eigenvalue weighted by Crippen LogP contribution is 2.20. The molecule has 0 amide bonds. The lowest BCUT2D eigenvalue weighted by atomic mass is 9.88. The molecule has 3 atom stereocenters. The molecule has 0 aromatic heterocycles. The predicted molar refractivity (Wildman–Crippen MR) is 46.6 cm³/mol. The minimum absolute atomic E-state index is 0.0318. The van der Waals surface area contributed by atoms with Crippen LogP contribution in [0.2, 0.25) is 0 Å². The molecular weight excluding hydrogens is 150 g/mol. The maximum absolute atomic E-state index is 8.73. The minimum atomic E-state index is 0.0318. The summed E-state index contributed by atoms with van der Waals surface area (Å²) in [6, 6.07) is 3.48. The Hall–Kier alpha value is -0.590. The van der Waals surface area contributed by atoms with Crippen molar-refractivity contribution in [3.8, 4) is 6.07 Å². The van der Waals surface area contributed by atoms with E-state index in [2.05, 4.69) is 16.7 Å². The van der Waals surface area contributed by atoms with Gasteiger partial charge in [-0.15, -0.1) is 0 Å². The summed E-state index contributed by atoms with van der Waals surface area (Å²) in [5.74, 6) is 0. The van der Waals surface area contributed by atoms with Gasteiger partial charge in [-0.3, -0.25) is 5.32 Å². The van der Waals surface area contributed by atoms with Gasteiger partial charge < -0.3 is 5.32 Å². The van der Waals surface area contributed by atoms with Crippen molar-refractivity contribution in [1.29, 1.82) is 5.26 Å². The SMILES string of the molecule is N#C[C@@H]1CN[C@H]2CCCC[C@H]2N1. The zero-order valence-corrected chi connectivity index (χ0v) is 7.21. The van der Waals surface area contributed by atoms with E-state index in [-0.39, 0.29) is 6.04 Å². The van der Waals surface area contributed by atoms with Crippen LogP contribution in [0.1, 0.15) is 25.7 Å². The normalized spacial score (nSPS) is 41.4. The van der Waals surface area contributed by atoms with Crippen molar-refractivity contribution in [2.45, 2.75) is 43.8 Å². The summed E-state index contributed by atoms with van der Waals surface area (Å²) in [7, 11) is 0. The summed E-state index contributed by atoms with van der Waals surface area (Å²) >= 11 is 0. The molecule has 0 unspecified atom stereocenters. The average molecular weight is 165 g/mol. The van der Waals surface area contributed by atoms with Crippen LogP contribution in [0.5, 0.6) is 0 Å². The fourth-order valence-corrected chi connectivity index (χ4v) is 2.24. The van der Waals surface area contributed by atoms with Crippen LogP contribution in [0, 0.1) is 11.3 Å². The Morgan fingerprint density at radius 2 is 1.92 bits per heavy atom.